The Hall–Kier alpha value is -1.16. The first-order valence-corrected chi connectivity index (χ1v) is 8.98. The first kappa shape index (κ1) is 16.9. The Morgan fingerprint density at radius 1 is 1.00 bits per heavy atom. The van der Waals surface area contributed by atoms with Crippen molar-refractivity contribution in [3.05, 3.63) is 29.8 Å². The van der Waals surface area contributed by atoms with Gasteiger partial charge in [0.05, 0.1) is 10.6 Å². The molecule has 0 spiro atoms. The van der Waals surface area contributed by atoms with Gasteiger partial charge in [0, 0.05) is 12.8 Å². The van der Waals surface area contributed by atoms with Crippen molar-refractivity contribution in [1.82, 2.24) is 0 Å². The lowest BCUT2D eigenvalue weighted by atomic mass is 10.1. The summed E-state index contributed by atoms with van der Waals surface area (Å²) >= 11 is 0. The molecule has 0 aliphatic carbocycles. The van der Waals surface area contributed by atoms with Crippen molar-refractivity contribution < 1.29 is 13.2 Å². The highest BCUT2D eigenvalue weighted by Gasteiger charge is 2.12. The molecule has 0 N–H and O–H groups in total. The average Bonchev–Trinajstić information content (AvgIpc) is 2.39. The largest absolute Gasteiger partial charge is 0.300 e. The topological polar surface area (TPSA) is 51.2 Å². The van der Waals surface area contributed by atoms with E-state index in [-0.39, 0.29) is 5.75 Å². The standard InChI is InChI=1S/C16H24O3S/c1-3-6-15(17)8-5-7-14-9-11-16(12-10-14)20(18,19)13-4-2/h9-12H,3-8,13H2,1-2H3. The lowest BCUT2D eigenvalue weighted by Gasteiger charge is -2.05. The Labute approximate surface area is 122 Å². The molecule has 0 heterocycles. The lowest BCUT2D eigenvalue weighted by molar-refractivity contribution is -0.119. The number of hydrogen-bond donors (Lipinski definition) is 0. The molecule has 4 heteroatoms. The van der Waals surface area contributed by atoms with Crippen molar-refractivity contribution in [3.63, 3.8) is 0 Å². The molecule has 0 aliphatic heterocycles. The van der Waals surface area contributed by atoms with Gasteiger partial charge in [-0.2, -0.15) is 0 Å². The molecule has 0 aromatic heterocycles. The van der Waals surface area contributed by atoms with Crippen LogP contribution in [0.15, 0.2) is 29.2 Å². The fourth-order valence-corrected chi connectivity index (χ4v) is 3.47. The summed E-state index contributed by atoms with van der Waals surface area (Å²) < 4.78 is 23.7. The summed E-state index contributed by atoms with van der Waals surface area (Å²) in [5, 5.41) is 0. The molecule has 0 amide bonds. The van der Waals surface area contributed by atoms with Crippen LogP contribution in [0.25, 0.3) is 0 Å². The molecule has 0 saturated heterocycles. The number of carbonyl (C=O) groups excluding carboxylic acids is 1. The van der Waals surface area contributed by atoms with E-state index in [9.17, 15) is 13.2 Å². The van der Waals surface area contributed by atoms with Gasteiger partial charge in [-0.05, 0) is 43.4 Å². The number of benzene rings is 1. The SMILES string of the molecule is CCCC(=O)CCCc1ccc(S(=O)(=O)CCC)cc1. The van der Waals surface area contributed by atoms with Crippen LogP contribution in [0.5, 0.6) is 0 Å². The Kier molecular flexibility index (Phi) is 6.93. The van der Waals surface area contributed by atoms with Crippen LogP contribution in [-0.4, -0.2) is 20.0 Å². The molecular weight excluding hydrogens is 272 g/mol. The van der Waals surface area contributed by atoms with Gasteiger partial charge >= 0.3 is 0 Å². The molecule has 112 valence electrons. The number of Topliss-reactive ketones (excluding diaryl/α,β-unsaturated/α-hetero) is 1. The minimum atomic E-state index is -3.12. The number of hydrogen-bond acceptors (Lipinski definition) is 3. The molecule has 0 fully saturated rings. The van der Waals surface area contributed by atoms with Crippen LogP contribution in [0.3, 0.4) is 0 Å². The number of carbonyl (C=O) groups is 1. The Bertz CT molecular complexity index is 515. The quantitative estimate of drug-likeness (QED) is 0.700. The second-order valence-electron chi connectivity index (χ2n) is 5.11. The van der Waals surface area contributed by atoms with E-state index in [1.807, 2.05) is 26.0 Å². The average molecular weight is 296 g/mol. The van der Waals surface area contributed by atoms with E-state index in [4.69, 9.17) is 0 Å². The van der Waals surface area contributed by atoms with Gasteiger partial charge in [0.15, 0.2) is 9.84 Å². The summed E-state index contributed by atoms with van der Waals surface area (Å²) in [5.41, 5.74) is 1.09. The summed E-state index contributed by atoms with van der Waals surface area (Å²) in [7, 11) is -3.12. The van der Waals surface area contributed by atoms with Gasteiger partial charge in [0.1, 0.15) is 5.78 Å². The van der Waals surface area contributed by atoms with Gasteiger partial charge in [-0.15, -0.1) is 0 Å². The van der Waals surface area contributed by atoms with Crippen molar-refractivity contribution in [2.45, 2.75) is 57.3 Å². The molecule has 1 aromatic carbocycles. The smallest absolute Gasteiger partial charge is 0.178 e. The summed E-state index contributed by atoms with van der Waals surface area (Å²) in [6, 6.07) is 7.06. The van der Waals surface area contributed by atoms with Gasteiger partial charge in [-0.25, -0.2) is 8.42 Å². The summed E-state index contributed by atoms with van der Waals surface area (Å²) in [6.07, 6.45) is 4.47. The minimum Gasteiger partial charge on any atom is -0.300 e. The third kappa shape index (κ3) is 5.45. The zero-order valence-corrected chi connectivity index (χ0v) is 13.2. The molecule has 20 heavy (non-hydrogen) atoms. The van der Waals surface area contributed by atoms with Gasteiger partial charge in [0.25, 0.3) is 0 Å². The Balaban J connectivity index is 2.53. The summed E-state index contributed by atoms with van der Waals surface area (Å²) in [6.45, 7) is 3.87. The van der Waals surface area contributed by atoms with Crippen molar-refractivity contribution in [2.75, 3.05) is 5.75 Å². The minimum absolute atomic E-state index is 0.192. The van der Waals surface area contributed by atoms with Crippen molar-refractivity contribution in [2.24, 2.45) is 0 Å². The Morgan fingerprint density at radius 3 is 2.20 bits per heavy atom. The van der Waals surface area contributed by atoms with Gasteiger partial charge in [-0.3, -0.25) is 4.79 Å². The van der Waals surface area contributed by atoms with Crippen LogP contribution in [0.2, 0.25) is 0 Å². The second kappa shape index (κ2) is 8.20. The maximum Gasteiger partial charge on any atom is 0.178 e. The fourth-order valence-electron chi connectivity index (χ4n) is 2.14. The molecule has 0 radical (unpaired) electrons. The number of aryl methyl sites for hydroxylation is 1. The normalized spacial score (nSPS) is 11.5. The molecule has 0 saturated carbocycles. The van der Waals surface area contributed by atoms with Crippen LogP contribution in [0.1, 0.15) is 51.5 Å². The third-order valence-electron chi connectivity index (χ3n) is 3.21. The number of sulfone groups is 1. The molecule has 0 aliphatic rings. The second-order valence-corrected chi connectivity index (χ2v) is 7.21. The van der Waals surface area contributed by atoms with E-state index in [1.165, 1.54) is 0 Å². The van der Waals surface area contributed by atoms with Crippen molar-refractivity contribution in [1.29, 1.82) is 0 Å². The highest BCUT2D eigenvalue weighted by Crippen LogP contribution is 2.15. The van der Waals surface area contributed by atoms with Crippen molar-refractivity contribution >= 4 is 15.6 Å². The van der Waals surface area contributed by atoms with E-state index in [1.54, 1.807) is 12.1 Å². The highest BCUT2D eigenvalue weighted by molar-refractivity contribution is 7.91. The molecule has 0 atom stereocenters. The molecule has 3 nitrogen and oxygen atoms in total. The predicted octanol–water partition coefficient (Wildman–Crippen LogP) is 3.56. The number of rotatable bonds is 9. The van der Waals surface area contributed by atoms with Gasteiger partial charge in [0.2, 0.25) is 0 Å². The molecule has 1 aromatic rings. The zero-order chi connectivity index (χ0) is 15.0. The monoisotopic (exact) mass is 296 g/mol. The maximum absolute atomic E-state index is 11.9. The summed E-state index contributed by atoms with van der Waals surface area (Å²) in [5.74, 6) is 0.507. The third-order valence-corrected chi connectivity index (χ3v) is 5.14. The van der Waals surface area contributed by atoms with E-state index in [0.29, 0.717) is 29.9 Å². The first-order chi connectivity index (χ1) is 9.49. The van der Waals surface area contributed by atoms with Crippen LogP contribution in [-0.2, 0) is 21.1 Å². The van der Waals surface area contributed by atoms with E-state index in [0.717, 1.165) is 24.8 Å². The molecule has 0 unspecified atom stereocenters. The highest BCUT2D eigenvalue weighted by atomic mass is 32.2. The number of ketones is 1. The van der Waals surface area contributed by atoms with Crippen LogP contribution < -0.4 is 0 Å². The lowest BCUT2D eigenvalue weighted by Crippen LogP contribution is -2.05. The first-order valence-electron chi connectivity index (χ1n) is 7.33. The predicted molar refractivity (Wildman–Crippen MR) is 81.6 cm³/mol. The molecule has 1 rings (SSSR count). The zero-order valence-electron chi connectivity index (χ0n) is 12.4. The van der Waals surface area contributed by atoms with E-state index in [2.05, 4.69) is 0 Å². The summed E-state index contributed by atoms with van der Waals surface area (Å²) in [4.78, 5) is 11.8. The van der Waals surface area contributed by atoms with E-state index >= 15 is 0 Å². The van der Waals surface area contributed by atoms with Crippen LogP contribution in [0, 0.1) is 0 Å². The molecular formula is C16H24O3S. The molecule has 0 bridgehead atoms. The van der Waals surface area contributed by atoms with Gasteiger partial charge in [-0.1, -0.05) is 26.0 Å². The van der Waals surface area contributed by atoms with E-state index < -0.39 is 9.84 Å². The van der Waals surface area contributed by atoms with Gasteiger partial charge < -0.3 is 0 Å². The maximum atomic E-state index is 11.9. The Morgan fingerprint density at radius 2 is 1.65 bits per heavy atom. The fraction of sp³-hybridized carbons (Fsp3) is 0.562. The van der Waals surface area contributed by atoms with Crippen LogP contribution in [0.4, 0.5) is 0 Å². The van der Waals surface area contributed by atoms with Crippen LogP contribution >= 0.6 is 0 Å². The van der Waals surface area contributed by atoms with Crippen molar-refractivity contribution in [3.8, 4) is 0 Å².